The van der Waals surface area contributed by atoms with Crippen LogP contribution in [0.25, 0.3) is 10.8 Å². The van der Waals surface area contributed by atoms with Crippen molar-refractivity contribution in [3.8, 4) is 5.88 Å². The number of benzene rings is 1. The Labute approximate surface area is 156 Å². The van der Waals surface area contributed by atoms with E-state index in [9.17, 15) is 13.3 Å². The molecule has 0 atom stereocenters. The van der Waals surface area contributed by atoms with E-state index in [2.05, 4.69) is 20.9 Å². The molecule has 1 saturated carbocycles. The first-order valence-corrected chi connectivity index (χ1v) is 10.2. The zero-order chi connectivity index (χ0) is 19.1. The number of fused-ring (bicyclic) bond motifs is 1. The van der Waals surface area contributed by atoms with Crippen molar-refractivity contribution in [2.75, 3.05) is 13.7 Å². The molecule has 0 aliphatic heterocycles. The first-order chi connectivity index (χ1) is 12.1. The fourth-order valence-corrected chi connectivity index (χ4v) is 4.08. The van der Waals surface area contributed by atoms with Gasteiger partial charge in [0.25, 0.3) is 0 Å². The van der Waals surface area contributed by atoms with Crippen molar-refractivity contribution in [3.05, 3.63) is 34.4 Å². The van der Waals surface area contributed by atoms with Crippen molar-refractivity contribution in [1.29, 1.82) is 0 Å². The molecule has 0 saturated heterocycles. The molecule has 1 aliphatic rings. The van der Waals surface area contributed by atoms with E-state index < -0.39 is 18.8 Å². The normalized spacial score (nSPS) is 20.8. The van der Waals surface area contributed by atoms with Crippen LogP contribution >= 0.6 is 23.5 Å². The lowest BCUT2D eigenvalue weighted by molar-refractivity contribution is -0.0147. The zero-order valence-corrected chi connectivity index (χ0v) is 16.2. The number of halogens is 3. The molecule has 0 amide bonds. The molecule has 10 heteroatoms. The van der Waals surface area contributed by atoms with Gasteiger partial charge in [-0.3, -0.25) is 4.57 Å². The fraction of sp³-hybridized carbons (Fsp3) is 0.438. The molecule has 0 unspecified atom stereocenters. The van der Waals surface area contributed by atoms with Crippen molar-refractivity contribution in [2.45, 2.75) is 24.6 Å². The summed E-state index contributed by atoms with van der Waals surface area (Å²) in [4.78, 5) is 22.1. The summed E-state index contributed by atoms with van der Waals surface area (Å²) >= 11 is 2.95. The lowest BCUT2D eigenvalue weighted by atomic mass is 9.83. The van der Waals surface area contributed by atoms with Gasteiger partial charge in [0.15, 0.2) is 0 Å². The highest BCUT2D eigenvalue weighted by Crippen LogP contribution is 2.60. The average Bonchev–Trinajstić information content (AvgIpc) is 2.52. The minimum Gasteiger partial charge on any atom is -0.477 e. The second kappa shape index (κ2) is 7.13. The van der Waals surface area contributed by atoms with Gasteiger partial charge in [-0.25, -0.2) is 4.98 Å². The van der Waals surface area contributed by atoms with Crippen LogP contribution in [0.1, 0.15) is 18.4 Å². The molecule has 0 spiro atoms. The van der Waals surface area contributed by atoms with Gasteiger partial charge < -0.3 is 19.3 Å². The van der Waals surface area contributed by atoms with Crippen molar-refractivity contribution in [3.63, 3.8) is 0 Å². The van der Waals surface area contributed by atoms with E-state index in [-0.39, 0.29) is 16.5 Å². The third-order valence-electron chi connectivity index (χ3n) is 4.47. The molecule has 1 aromatic carbocycles. The third kappa shape index (κ3) is 3.77. The van der Waals surface area contributed by atoms with E-state index in [0.717, 1.165) is 18.9 Å². The molecule has 142 valence electrons. The SMILES string of the molecule is COC1CC(COc2cc3cc(C(F)(F)P(=O)(O)O)c(Br)cc3cn2)C1. The number of hydrogen-bond acceptors (Lipinski definition) is 4. The topological polar surface area (TPSA) is 88.9 Å². The summed E-state index contributed by atoms with van der Waals surface area (Å²) in [7, 11) is -4.00. The van der Waals surface area contributed by atoms with E-state index in [1.807, 2.05) is 0 Å². The Kier molecular flexibility index (Phi) is 5.38. The lowest BCUT2D eigenvalue weighted by Crippen LogP contribution is -2.34. The Morgan fingerprint density at radius 1 is 1.31 bits per heavy atom. The number of nitrogens with zero attached hydrogens (tertiary/aromatic N) is 1. The highest BCUT2D eigenvalue weighted by Gasteiger charge is 2.51. The third-order valence-corrected chi connectivity index (χ3v) is 6.09. The predicted octanol–water partition coefficient (Wildman–Crippen LogP) is 4.03. The quantitative estimate of drug-likeness (QED) is 0.644. The highest BCUT2D eigenvalue weighted by molar-refractivity contribution is 9.10. The summed E-state index contributed by atoms with van der Waals surface area (Å²) in [5, 5.41) is 0.891. The Balaban J connectivity index is 1.84. The smallest absolute Gasteiger partial charge is 0.399 e. The molecule has 0 bridgehead atoms. The Bertz CT molecular complexity index is 869. The van der Waals surface area contributed by atoms with Gasteiger partial charge in [0, 0.05) is 34.8 Å². The van der Waals surface area contributed by atoms with E-state index in [1.165, 1.54) is 18.3 Å². The van der Waals surface area contributed by atoms with Gasteiger partial charge >= 0.3 is 13.3 Å². The van der Waals surface area contributed by atoms with Crippen molar-refractivity contribution >= 4 is 34.3 Å². The second-order valence-electron chi connectivity index (χ2n) is 6.29. The molecule has 6 nitrogen and oxygen atoms in total. The molecule has 0 radical (unpaired) electrons. The number of hydrogen-bond donors (Lipinski definition) is 2. The Morgan fingerprint density at radius 3 is 2.62 bits per heavy atom. The zero-order valence-electron chi connectivity index (χ0n) is 13.7. The summed E-state index contributed by atoms with van der Waals surface area (Å²) in [6.45, 7) is 0.445. The monoisotopic (exact) mass is 451 g/mol. The van der Waals surface area contributed by atoms with E-state index in [1.54, 1.807) is 7.11 Å². The number of pyridine rings is 1. The van der Waals surface area contributed by atoms with Crippen molar-refractivity contribution < 1.29 is 32.6 Å². The maximum absolute atomic E-state index is 14.1. The molecule has 1 heterocycles. The average molecular weight is 452 g/mol. The summed E-state index contributed by atoms with van der Waals surface area (Å²) in [5.74, 6) is 0.628. The number of aromatic nitrogens is 1. The maximum atomic E-state index is 14.1. The number of alkyl halides is 2. The highest BCUT2D eigenvalue weighted by atomic mass is 79.9. The number of rotatable bonds is 6. The summed E-state index contributed by atoms with van der Waals surface area (Å²) < 4.78 is 50.0. The fourth-order valence-electron chi connectivity index (χ4n) is 2.82. The second-order valence-corrected chi connectivity index (χ2v) is 8.80. The van der Waals surface area contributed by atoms with Gasteiger partial charge in [-0.2, -0.15) is 8.78 Å². The van der Waals surface area contributed by atoms with Crippen LogP contribution in [0.15, 0.2) is 28.9 Å². The van der Waals surface area contributed by atoms with Crippen LogP contribution in [0.4, 0.5) is 8.78 Å². The molecule has 3 rings (SSSR count). The molecule has 1 aliphatic carbocycles. The van der Waals surface area contributed by atoms with E-state index >= 15 is 0 Å². The van der Waals surface area contributed by atoms with Gasteiger partial charge in [-0.1, -0.05) is 15.9 Å². The standard InChI is InChI=1S/C16H17BrF2NO5P/c1-24-12-2-9(3-12)8-25-15-6-10-4-13(16(18,19)26(21,22)23)14(17)5-11(10)7-20-15/h4-7,9,12H,2-3,8H2,1H3,(H2,21,22,23). The van der Waals surface area contributed by atoms with Gasteiger partial charge in [0.2, 0.25) is 5.88 Å². The molecular weight excluding hydrogens is 435 g/mol. The predicted molar refractivity (Wildman–Crippen MR) is 94.4 cm³/mol. The van der Waals surface area contributed by atoms with Crippen LogP contribution in [0.5, 0.6) is 5.88 Å². The van der Waals surface area contributed by atoms with Gasteiger partial charge in [-0.15, -0.1) is 0 Å². The number of methoxy groups -OCH3 is 1. The van der Waals surface area contributed by atoms with Gasteiger partial charge in [0.05, 0.1) is 12.7 Å². The van der Waals surface area contributed by atoms with Crippen molar-refractivity contribution in [2.24, 2.45) is 5.92 Å². The Morgan fingerprint density at radius 2 is 2.00 bits per heavy atom. The minimum absolute atomic E-state index is 0.103. The summed E-state index contributed by atoms with van der Waals surface area (Å²) in [6, 6.07) is 3.87. The van der Waals surface area contributed by atoms with Crippen LogP contribution in [-0.4, -0.2) is 34.6 Å². The maximum Gasteiger partial charge on any atom is 0.399 e. The molecule has 2 N–H and O–H groups in total. The Hall–Kier alpha value is -1.12. The first kappa shape index (κ1) is 19.6. The van der Waals surface area contributed by atoms with Crippen LogP contribution in [0.3, 0.4) is 0 Å². The summed E-state index contributed by atoms with van der Waals surface area (Å²) in [5.41, 5.74) is -5.08. The van der Waals surface area contributed by atoms with E-state index in [4.69, 9.17) is 19.3 Å². The van der Waals surface area contributed by atoms with Crippen LogP contribution in [0, 0.1) is 5.92 Å². The molecule has 26 heavy (non-hydrogen) atoms. The van der Waals surface area contributed by atoms with E-state index in [0.29, 0.717) is 23.3 Å². The minimum atomic E-state index is -5.66. The number of ether oxygens (including phenoxy) is 2. The van der Waals surface area contributed by atoms with Gasteiger partial charge in [-0.05, 0) is 36.3 Å². The van der Waals surface area contributed by atoms with Crippen LogP contribution in [-0.2, 0) is 15.0 Å². The molecular formula is C16H17BrF2NO5P. The summed E-state index contributed by atoms with van der Waals surface area (Å²) in [6.07, 6.45) is 3.52. The lowest BCUT2D eigenvalue weighted by Gasteiger charge is -2.33. The largest absolute Gasteiger partial charge is 0.477 e. The molecule has 1 aromatic heterocycles. The first-order valence-electron chi connectivity index (χ1n) is 7.80. The molecule has 2 aromatic rings. The van der Waals surface area contributed by atoms with Crippen LogP contribution in [0.2, 0.25) is 0 Å². The van der Waals surface area contributed by atoms with Crippen LogP contribution < -0.4 is 4.74 Å². The van der Waals surface area contributed by atoms with Crippen molar-refractivity contribution in [1.82, 2.24) is 4.98 Å². The molecule has 1 fully saturated rings. The van der Waals surface area contributed by atoms with Gasteiger partial charge in [0.1, 0.15) is 0 Å².